The smallest absolute Gasteiger partial charge is 0.341 e. The fourth-order valence-corrected chi connectivity index (χ4v) is 3.71. The van der Waals surface area contributed by atoms with Crippen LogP contribution in [0.25, 0.3) is 6.08 Å². The molecule has 0 aromatic heterocycles. The van der Waals surface area contributed by atoms with Crippen molar-refractivity contribution >= 4 is 22.1 Å². The molecule has 7 nitrogen and oxygen atoms in total. The summed E-state index contributed by atoms with van der Waals surface area (Å²) in [6.07, 6.45) is 1.76. The minimum Gasteiger partial charge on any atom is -0.482 e. The summed E-state index contributed by atoms with van der Waals surface area (Å²) in [6, 6.07) is 14.4. The molecular formula is C20H21NO6S. The van der Waals surface area contributed by atoms with Gasteiger partial charge in [0.1, 0.15) is 5.75 Å². The molecule has 0 saturated heterocycles. The third kappa shape index (κ3) is 5.66. The van der Waals surface area contributed by atoms with Gasteiger partial charge in [0, 0.05) is 12.0 Å². The molecule has 0 radical (unpaired) electrons. The number of fused-ring (bicyclic) bond motifs is 1. The van der Waals surface area contributed by atoms with Crippen molar-refractivity contribution in [3.05, 3.63) is 70.6 Å². The predicted octanol–water partition coefficient (Wildman–Crippen LogP) is 2.35. The van der Waals surface area contributed by atoms with Gasteiger partial charge in [-0.25, -0.2) is 17.9 Å². The van der Waals surface area contributed by atoms with Gasteiger partial charge in [-0.3, -0.25) is 0 Å². The molecule has 2 N–H and O–H groups in total. The first-order valence-electron chi connectivity index (χ1n) is 8.75. The summed E-state index contributed by atoms with van der Waals surface area (Å²) in [7, 11) is -3.61. The second-order valence-corrected chi connectivity index (χ2v) is 7.91. The normalized spacial score (nSPS) is 16.6. The average Bonchev–Trinajstić information content (AvgIpc) is 2.70. The van der Waals surface area contributed by atoms with Crippen LogP contribution in [0.1, 0.15) is 22.8 Å². The molecule has 2 aromatic rings. The summed E-state index contributed by atoms with van der Waals surface area (Å²) < 4.78 is 37.9. The molecule has 1 heterocycles. The maximum atomic E-state index is 12.2. The molecule has 8 heteroatoms. The molecule has 0 aliphatic carbocycles. The maximum Gasteiger partial charge on any atom is 0.341 e. The predicted molar refractivity (Wildman–Crippen MR) is 104 cm³/mol. The number of benzene rings is 2. The average molecular weight is 403 g/mol. The Balaban J connectivity index is 1.64. The van der Waals surface area contributed by atoms with Gasteiger partial charge in [-0.2, -0.15) is 0 Å². The maximum absolute atomic E-state index is 12.2. The number of hydrogen-bond donors (Lipinski definition) is 2. The van der Waals surface area contributed by atoms with Crippen molar-refractivity contribution in [2.24, 2.45) is 0 Å². The summed E-state index contributed by atoms with van der Waals surface area (Å²) >= 11 is 0. The Morgan fingerprint density at radius 2 is 2.04 bits per heavy atom. The second kappa shape index (κ2) is 9.01. The summed E-state index contributed by atoms with van der Waals surface area (Å²) in [6.45, 7) is 0.137. The van der Waals surface area contributed by atoms with Gasteiger partial charge in [-0.1, -0.05) is 36.4 Å². The van der Waals surface area contributed by atoms with E-state index in [0.717, 1.165) is 22.1 Å². The van der Waals surface area contributed by atoms with E-state index in [2.05, 4.69) is 4.72 Å². The summed E-state index contributed by atoms with van der Waals surface area (Å²) in [5, 5.41) is 9.84. The van der Waals surface area contributed by atoms with E-state index in [1.165, 1.54) is 6.08 Å². The summed E-state index contributed by atoms with van der Waals surface area (Å²) in [4.78, 5) is 10.6. The topological polar surface area (TPSA) is 102 Å². The van der Waals surface area contributed by atoms with Gasteiger partial charge in [0.15, 0.2) is 6.61 Å². The molecule has 1 unspecified atom stereocenters. The Bertz CT molecular complexity index is 956. The Morgan fingerprint density at radius 1 is 1.25 bits per heavy atom. The highest BCUT2D eigenvalue weighted by Crippen LogP contribution is 2.29. The van der Waals surface area contributed by atoms with Crippen molar-refractivity contribution in [2.75, 3.05) is 19.8 Å². The van der Waals surface area contributed by atoms with E-state index >= 15 is 0 Å². The van der Waals surface area contributed by atoms with Gasteiger partial charge in [0.25, 0.3) is 0 Å². The number of sulfonamides is 1. The molecule has 1 aliphatic heterocycles. The molecule has 0 amide bonds. The summed E-state index contributed by atoms with van der Waals surface area (Å²) in [5.41, 5.74) is 2.61. The van der Waals surface area contributed by atoms with Gasteiger partial charge in [0.05, 0.1) is 12.7 Å². The lowest BCUT2D eigenvalue weighted by molar-refractivity contribution is -0.139. The monoisotopic (exact) mass is 403 g/mol. The van der Waals surface area contributed by atoms with Crippen LogP contribution in [0.3, 0.4) is 0 Å². The zero-order chi connectivity index (χ0) is 20.0. The van der Waals surface area contributed by atoms with Crippen LogP contribution in [-0.4, -0.2) is 39.3 Å². The third-order valence-electron chi connectivity index (χ3n) is 4.22. The lowest BCUT2D eigenvalue weighted by atomic mass is 9.97. The fraction of sp³-hybridized carbons (Fsp3) is 0.250. The molecule has 0 bridgehead atoms. The minimum atomic E-state index is -3.61. The number of carboxylic acid groups (broad SMARTS) is 1. The van der Waals surface area contributed by atoms with Gasteiger partial charge in [-0.15, -0.1) is 0 Å². The highest BCUT2D eigenvalue weighted by molar-refractivity contribution is 7.92. The lowest BCUT2D eigenvalue weighted by Crippen LogP contribution is -2.30. The van der Waals surface area contributed by atoms with Gasteiger partial charge in [0.2, 0.25) is 10.0 Å². The molecule has 148 valence electrons. The Kier molecular flexibility index (Phi) is 6.45. The van der Waals surface area contributed by atoms with E-state index in [4.69, 9.17) is 14.6 Å². The molecule has 0 fully saturated rings. The van der Waals surface area contributed by atoms with Crippen LogP contribution in [0.4, 0.5) is 0 Å². The van der Waals surface area contributed by atoms with Crippen LogP contribution in [0.5, 0.6) is 5.75 Å². The van der Waals surface area contributed by atoms with E-state index in [0.29, 0.717) is 18.8 Å². The third-order valence-corrected chi connectivity index (χ3v) is 5.29. The van der Waals surface area contributed by atoms with Crippen LogP contribution >= 0.6 is 0 Å². The number of carbonyl (C=O) groups is 1. The number of carboxylic acids is 1. The lowest BCUT2D eigenvalue weighted by Gasteiger charge is -2.26. The second-order valence-electron chi connectivity index (χ2n) is 6.26. The zero-order valence-electron chi connectivity index (χ0n) is 15.1. The van der Waals surface area contributed by atoms with Gasteiger partial charge in [-0.05, 0) is 41.3 Å². The largest absolute Gasteiger partial charge is 0.482 e. The van der Waals surface area contributed by atoms with Gasteiger partial charge < -0.3 is 14.6 Å². The molecule has 1 atom stereocenters. The van der Waals surface area contributed by atoms with Crippen molar-refractivity contribution in [2.45, 2.75) is 12.5 Å². The molecule has 0 spiro atoms. The Hall–Kier alpha value is -2.68. The van der Waals surface area contributed by atoms with Gasteiger partial charge >= 0.3 is 5.97 Å². The molecule has 2 aromatic carbocycles. The van der Waals surface area contributed by atoms with Crippen molar-refractivity contribution in [1.29, 1.82) is 0 Å². The minimum absolute atomic E-state index is 0.101. The van der Waals surface area contributed by atoms with E-state index in [1.807, 2.05) is 30.3 Å². The van der Waals surface area contributed by atoms with Crippen LogP contribution < -0.4 is 9.46 Å². The van der Waals surface area contributed by atoms with Crippen molar-refractivity contribution < 1.29 is 27.8 Å². The molecule has 0 saturated carbocycles. The molecule has 3 rings (SSSR count). The number of nitrogens with one attached hydrogen (secondary N) is 1. The number of ether oxygens (including phenoxy) is 2. The zero-order valence-corrected chi connectivity index (χ0v) is 15.9. The standard InChI is InChI=1S/C20H21NO6S/c22-20(23)14-27-17-6-7-18-16(12-17)8-10-26-19(18)13-21-28(24,25)11-9-15-4-2-1-3-5-15/h1-7,9,11-12,19,21H,8,10,13-14H2,(H,22,23). The number of hydrogen-bond acceptors (Lipinski definition) is 5. The fourth-order valence-electron chi connectivity index (χ4n) is 2.89. The number of aliphatic carboxylic acids is 1. The van der Waals surface area contributed by atoms with Crippen LogP contribution in [-0.2, 0) is 26.0 Å². The first kappa shape index (κ1) is 20.1. The Morgan fingerprint density at radius 3 is 2.79 bits per heavy atom. The molecule has 1 aliphatic rings. The van der Waals surface area contributed by atoms with Crippen molar-refractivity contribution in [3.63, 3.8) is 0 Å². The molecule has 28 heavy (non-hydrogen) atoms. The van der Waals surface area contributed by atoms with E-state index in [-0.39, 0.29) is 6.54 Å². The van der Waals surface area contributed by atoms with Crippen LogP contribution in [0.2, 0.25) is 0 Å². The number of rotatable bonds is 8. The molecular weight excluding hydrogens is 382 g/mol. The van der Waals surface area contributed by atoms with E-state index in [9.17, 15) is 13.2 Å². The first-order valence-corrected chi connectivity index (χ1v) is 10.3. The highest BCUT2D eigenvalue weighted by Gasteiger charge is 2.23. The Labute approximate surface area is 163 Å². The van der Waals surface area contributed by atoms with E-state index < -0.39 is 28.7 Å². The van der Waals surface area contributed by atoms with E-state index in [1.54, 1.807) is 18.2 Å². The van der Waals surface area contributed by atoms with Crippen LogP contribution in [0, 0.1) is 0 Å². The summed E-state index contributed by atoms with van der Waals surface area (Å²) in [5.74, 6) is -0.579. The SMILES string of the molecule is O=C(O)COc1ccc2c(c1)CCOC2CNS(=O)(=O)C=Cc1ccccc1. The highest BCUT2D eigenvalue weighted by atomic mass is 32.2. The van der Waals surface area contributed by atoms with Crippen molar-refractivity contribution in [1.82, 2.24) is 4.72 Å². The van der Waals surface area contributed by atoms with Crippen molar-refractivity contribution in [3.8, 4) is 5.75 Å². The first-order chi connectivity index (χ1) is 13.4. The quantitative estimate of drug-likeness (QED) is 0.702. The van der Waals surface area contributed by atoms with Crippen LogP contribution in [0.15, 0.2) is 53.9 Å².